The third kappa shape index (κ3) is 4.82. The standard InChI is InChI=1S/C19H23N3O4S2/c1-3-6-11-9-14(23)22-19(20-11)27-10-15(24)21-17-16(18(25)26-2)12-7-4-5-8-13(12)28-17/h9H,3-8,10H2,1-2H3,(H,21,24)(H,20,22,23). The van der Waals surface area contributed by atoms with E-state index in [2.05, 4.69) is 15.3 Å². The number of anilines is 1. The zero-order valence-corrected chi connectivity index (χ0v) is 17.6. The number of thiophene rings is 1. The average Bonchev–Trinajstić information content (AvgIpc) is 3.03. The summed E-state index contributed by atoms with van der Waals surface area (Å²) in [6.07, 6.45) is 5.47. The predicted molar refractivity (Wildman–Crippen MR) is 111 cm³/mol. The number of H-pyrrole nitrogens is 1. The molecule has 0 atom stereocenters. The van der Waals surface area contributed by atoms with Gasteiger partial charge in [0.1, 0.15) is 5.00 Å². The Hall–Kier alpha value is -2.13. The molecule has 2 aromatic heterocycles. The number of hydrogen-bond donors (Lipinski definition) is 2. The highest BCUT2D eigenvalue weighted by Crippen LogP contribution is 2.38. The summed E-state index contributed by atoms with van der Waals surface area (Å²) in [5.74, 6) is -0.584. The lowest BCUT2D eigenvalue weighted by atomic mass is 9.95. The van der Waals surface area contributed by atoms with Crippen molar-refractivity contribution in [3.05, 3.63) is 38.1 Å². The normalized spacial score (nSPS) is 13.1. The van der Waals surface area contributed by atoms with Crippen molar-refractivity contribution < 1.29 is 14.3 Å². The van der Waals surface area contributed by atoms with E-state index in [0.717, 1.165) is 42.5 Å². The van der Waals surface area contributed by atoms with Gasteiger partial charge in [-0.25, -0.2) is 9.78 Å². The highest BCUT2D eigenvalue weighted by Gasteiger charge is 2.26. The van der Waals surface area contributed by atoms with Crippen LogP contribution in [0.5, 0.6) is 0 Å². The van der Waals surface area contributed by atoms with Crippen LogP contribution >= 0.6 is 23.1 Å². The van der Waals surface area contributed by atoms with Crippen molar-refractivity contribution in [2.45, 2.75) is 50.6 Å². The molecule has 1 aliphatic rings. The van der Waals surface area contributed by atoms with Gasteiger partial charge in [-0.05, 0) is 37.7 Å². The molecular formula is C19H23N3O4S2. The summed E-state index contributed by atoms with van der Waals surface area (Å²) in [5.41, 5.74) is 1.98. The number of hydrogen-bond acceptors (Lipinski definition) is 7. The van der Waals surface area contributed by atoms with E-state index in [4.69, 9.17) is 4.74 Å². The Labute approximate surface area is 171 Å². The number of thioether (sulfide) groups is 1. The summed E-state index contributed by atoms with van der Waals surface area (Å²) >= 11 is 2.62. The van der Waals surface area contributed by atoms with E-state index >= 15 is 0 Å². The van der Waals surface area contributed by atoms with Crippen LogP contribution in [0.1, 0.15) is 52.7 Å². The maximum absolute atomic E-state index is 12.5. The van der Waals surface area contributed by atoms with Crippen LogP contribution in [0.2, 0.25) is 0 Å². The van der Waals surface area contributed by atoms with Crippen LogP contribution in [0.25, 0.3) is 0 Å². The molecule has 0 spiro atoms. The van der Waals surface area contributed by atoms with E-state index in [0.29, 0.717) is 27.8 Å². The Morgan fingerprint density at radius 1 is 1.36 bits per heavy atom. The topological polar surface area (TPSA) is 101 Å². The van der Waals surface area contributed by atoms with E-state index in [1.54, 1.807) is 0 Å². The van der Waals surface area contributed by atoms with Crippen LogP contribution < -0.4 is 10.9 Å². The first-order chi connectivity index (χ1) is 13.5. The number of carbonyl (C=O) groups is 2. The van der Waals surface area contributed by atoms with E-state index in [-0.39, 0.29) is 17.2 Å². The monoisotopic (exact) mass is 421 g/mol. The van der Waals surface area contributed by atoms with Crippen molar-refractivity contribution in [3.8, 4) is 0 Å². The molecule has 150 valence electrons. The molecule has 1 amide bonds. The molecule has 0 radical (unpaired) electrons. The fourth-order valence-electron chi connectivity index (χ4n) is 3.20. The number of aryl methyl sites for hydroxylation is 2. The number of nitrogens with zero attached hydrogens (tertiary/aromatic N) is 1. The lowest BCUT2D eigenvalue weighted by Gasteiger charge is -2.11. The summed E-state index contributed by atoms with van der Waals surface area (Å²) in [7, 11) is 1.35. The summed E-state index contributed by atoms with van der Waals surface area (Å²) in [5, 5.41) is 3.81. The number of methoxy groups -OCH3 is 1. The fraction of sp³-hybridized carbons (Fsp3) is 0.474. The van der Waals surface area contributed by atoms with Gasteiger partial charge in [0.05, 0.1) is 18.4 Å². The number of esters is 1. The van der Waals surface area contributed by atoms with Crippen LogP contribution in [0, 0.1) is 0 Å². The minimum Gasteiger partial charge on any atom is -0.465 e. The lowest BCUT2D eigenvalue weighted by Crippen LogP contribution is -2.17. The van der Waals surface area contributed by atoms with Gasteiger partial charge in [0.2, 0.25) is 5.91 Å². The number of amides is 1. The van der Waals surface area contributed by atoms with Crippen LogP contribution in [0.15, 0.2) is 16.0 Å². The predicted octanol–water partition coefficient (Wildman–Crippen LogP) is 3.18. The van der Waals surface area contributed by atoms with Gasteiger partial charge < -0.3 is 15.0 Å². The lowest BCUT2D eigenvalue weighted by molar-refractivity contribution is -0.113. The second-order valence-corrected chi connectivity index (χ2v) is 8.60. The first-order valence-electron chi connectivity index (χ1n) is 9.27. The Bertz CT molecular complexity index is 936. The number of carbonyl (C=O) groups excluding carboxylic acids is 2. The highest BCUT2D eigenvalue weighted by molar-refractivity contribution is 7.99. The molecule has 9 heteroatoms. The Morgan fingerprint density at radius 3 is 2.89 bits per heavy atom. The summed E-state index contributed by atoms with van der Waals surface area (Å²) in [6, 6.07) is 1.48. The van der Waals surface area contributed by atoms with Gasteiger partial charge in [-0.15, -0.1) is 11.3 Å². The van der Waals surface area contributed by atoms with Gasteiger partial charge in [0.25, 0.3) is 5.56 Å². The van der Waals surface area contributed by atoms with Gasteiger partial charge in [-0.1, -0.05) is 25.1 Å². The van der Waals surface area contributed by atoms with Crippen molar-refractivity contribution in [2.24, 2.45) is 0 Å². The van der Waals surface area contributed by atoms with Crippen LogP contribution in [-0.2, 0) is 28.8 Å². The minimum absolute atomic E-state index is 0.0850. The Kier molecular flexibility index (Phi) is 6.90. The first-order valence-corrected chi connectivity index (χ1v) is 11.1. The first kappa shape index (κ1) is 20.6. The SMILES string of the molecule is CCCc1cc(=O)[nH]c(SCC(=O)Nc2sc3c(c2C(=O)OC)CCCC3)n1. The van der Waals surface area contributed by atoms with E-state index in [1.165, 1.54) is 36.3 Å². The summed E-state index contributed by atoms with van der Waals surface area (Å²) in [4.78, 5) is 44.6. The molecule has 0 fully saturated rings. The van der Waals surface area contributed by atoms with Gasteiger partial charge in [-0.2, -0.15) is 0 Å². The quantitative estimate of drug-likeness (QED) is 0.404. The molecule has 2 aromatic rings. The molecule has 0 bridgehead atoms. The molecule has 2 N–H and O–H groups in total. The molecular weight excluding hydrogens is 398 g/mol. The number of aromatic amines is 1. The molecule has 0 saturated heterocycles. The average molecular weight is 422 g/mol. The third-order valence-electron chi connectivity index (χ3n) is 4.43. The van der Waals surface area contributed by atoms with E-state index in [1.807, 2.05) is 6.92 Å². The van der Waals surface area contributed by atoms with Crippen molar-refractivity contribution in [2.75, 3.05) is 18.2 Å². The molecule has 2 heterocycles. The van der Waals surface area contributed by atoms with Crippen molar-refractivity contribution in [1.29, 1.82) is 0 Å². The van der Waals surface area contributed by atoms with E-state index in [9.17, 15) is 14.4 Å². The Morgan fingerprint density at radius 2 is 2.14 bits per heavy atom. The zero-order valence-electron chi connectivity index (χ0n) is 15.9. The highest BCUT2D eigenvalue weighted by atomic mass is 32.2. The zero-order chi connectivity index (χ0) is 20.1. The second-order valence-electron chi connectivity index (χ2n) is 6.54. The number of ether oxygens (including phenoxy) is 1. The molecule has 28 heavy (non-hydrogen) atoms. The third-order valence-corrected chi connectivity index (χ3v) is 6.51. The van der Waals surface area contributed by atoms with Gasteiger partial charge in [-0.3, -0.25) is 9.59 Å². The molecule has 0 aromatic carbocycles. The molecule has 0 saturated carbocycles. The van der Waals surface area contributed by atoms with Crippen LogP contribution in [-0.4, -0.2) is 34.7 Å². The van der Waals surface area contributed by atoms with E-state index < -0.39 is 5.97 Å². The number of rotatable bonds is 7. The molecule has 7 nitrogen and oxygen atoms in total. The number of aromatic nitrogens is 2. The van der Waals surface area contributed by atoms with Crippen molar-refractivity contribution in [3.63, 3.8) is 0 Å². The van der Waals surface area contributed by atoms with Gasteiger partial charge >= 0.3 is 5.97 Å². The maximum atomic E-state index is 12.5. The molecule has 0 aliphatic heterocycles. The second kappa shape index (κ2) is 9.38. The molecule has 1 aliphatic carbocycles. The van der Waals surface area contributed by atoms with Gasteiger partial charge in [0.15, 0.2) is 5.16 Å². The molecule has 0 unspecified atom stereocenters. The number of fused-ring (bicyclic) bond motifs is 1. The van der Waals surface area contributed by atoms with Crippen molar-refractivity contribution >= 4 is 40.0 Å². The number of nitrogens with one attached hydrogen (secondary N) is 2. The Balaban J connectivity index is 1.71. The summed E-state index contributed by atoms with van der Waals surface area (Å²) < 4.78 is 4.92. The van der Waals surface area contributed by atoms with Gasteiger partial charge in [0, 0.05) is 16.6 Å². The molecule has 3 rings (SSSR count). The van der Waals surface area contributed by atoms with Crippen LogP contribution in [0.3, 0.4) is 0 Å². The maximum Gasteiger partial charge on any atom is 0.341 e. The van der Waals surface area contributed by atoms with Crippen molar-refractivity contribution in [1.82, 2.24) is 9.97 Å². The minimum atomic E-state index is -0.416. The van der Waals surface area contributed by atoms with Crippen LogP contribution in [0.4, 0.5) is 5.00 Å². The smallest absolute Gasteiger partial charge is 0.341 e. The largest absolute Gasteiger partial charge is 0.465 e. The fourth-order valence-corrected chi connectivity index (χ4v) is 5.19. The summed E-state index contributed by atoms with van der Waals surface area (Å²) in [6.45, 7) is 2.02.